The van der Waals surface area contributed by atoms with E-state index in [9.17, 15) is 24.8 Å². The largest absolute Gasteiger partial charge is 0.505 e. The molecule has 1 amide bonds. The molecule has 1 aromatic carbocycles. The van der Waals surface area contributed by atoms with Crippen LogP contribution in [0.4, 0.5) is 5.69 Å². The Morgan fingerprint density at radius 3 is 2.53 bits per heavy atom. The fourth-order valence-electron chi connectivity index (χ4n) is 4.32. The minimum Gasteiger partial charge on any atom is -0.505 e. The molecule has 1 aliphatic heterocycles. The Hall–Kier alpha value is -4.05. The van der Waals surface area contributed by atoms with E-state index in [1.54, 1.807) is 29.7 Å². The van der Waals surface area contributed by atoms with E-state index in [-0.39, 0.29) is 23.6 Å². The molecule has 0 spiro atoms. The zero-order chi connectivity index (χ0) is 24.6. The maximum Gasteiger partial charge on any atom is 0.295 e. The Balaban J connectivity index is 1.87. The summed E-state index contributed by atoms with van der Waals surface area (Å²) in [5, 5.41) is 22.5. The number of benzene rings is 1. The number of amides is 1. The van der Waals surface area contributed by atoms with Gasteiger partial charge >= 0.3 is 0 Å². The first-order valence-electron chi connectivity index (χ1n) is 10.8. The first-order chi connectivity index (χ1) is 16.2. The quantitative estimate of drug-likeness (QED) is 0.188. The number of non-ortho nitro benzene ring substituents is 1. The Kier molecular flexibility index (Phi) is 6.16. The van der Waals surface area contributed by atoms with Crippen LogP contribution in [-0.4, -0.2) is 68.1 Å². The number of aryl methyl sites for hydroxylation is 1. The van der Waals surface area contributed by atoms with Gasteiger partial charge in [-0.25, -0.2) is 4.98 Å². The number of ketones is 1. The number of nitro benzene ring substituents is 1. The normalized spacial score (nSPS) is 17.8. The molecule has 176 valence electrons. The number of hydrogen-bond donors (Lipinski definition) is 1. The van der Waals surface area contributed by atoms with Crippen molar-refractivity contribution < 1.29 is 19.6 Å². The number of nitrogens with zero attached hydrogens (tertiary/aromatic N) is 5. The van der Waals surface area contributed by atoms with Crippen LogP contribution in [-0.2, 0) is 9.59 Å². The molecule has 0 radical (unpaired) electrons. The molecule has 2 aromatic heterocycles. The van der Waals surface area contributed by atoms with Gasteiger partial charge in [-0.05, 0) is 63.8 Å². The minimum atomic E-state index is -0.878. The van der Waals surface area contributed by atoms with Gasteiger partial charge in [0.2, 0.25) is 0 Å². The van der Waals surface area contributed by atoms with Gasteiger partial charge in [-0.1, -0.05) is 6.07 Å². The molecule has 10 heteroatoms. The number of aliphatic hydroxyl groups excluding tert-OH is 1. The highest BCUT2D eigenvalue weighted by atomic mass is 16.6. The Bertz CT molecular complexity index is 1310. The lowest BCUT2D eigenvalue weighted by Crippen LogP contribution is -2.32. The number of fused-ring (bicyclic) bond motifs is 1. The lowest BCUT2D eigenvalue weighted by Gasteiger charge is -2.25. The molecular weight excluding hydrogens is 438 g/mol. The predicted molar refractivity (Wildman–Crippen MR) is 125 cm³/mol. The van der Waals surface area contributed by atoms with Gasteiger partial charge in [-0.3, -0.25) is 24.1 Å². The van der Waals surface area contributed by atoms with Crippen molar-refractivity contribution >= 4 is 28.8 Å². The molecule has 1 saturated heterocycles. The molecule has 34 heavy (non-hydrogen) atoms. The average Bonchev–Trinajstić information content (AvgIpc) is 3.27. The molecule has 0 saturated carbocycles. The minimum absolute atomic E-state index is 0.0579. The molecule has 1 N–H and O–H groups in total. The Labute approximate surface area is 195 Å². The zero-order valence-electron chi connectivity index (χ0n) is 19.1. The number of nitro groups is 1. The fraction of sp³-hybridized carbons (Fsp3) is 0.292. The van der Waals surface area contributed by atoms with E-state index < -0.39 is 22.7 Å². The van der Waals surface area contributed by atoms with Crippen molar-refractivity contribution in [3.8, 4) is 0 Å². The third kappa shape index (κ3) is 4.03. The molecule has 3 heterocycles. The monoisotopic (exact) mass is 463 g/mol. The van der Waals surface area contributed by atoms with E-state index in [0.717, 1.165) is 0 Å². The van der Waals surface area contributed by atoms with Crippen molar-refractivity contribution in [2.45, 2.75) is 19.4 Å². The number of likely N-dealkylation sites (tertiary alicyclic amines) is 1. The van der Waals surface area contributed by atoms with Crippen LogP contribution < -0.4 is 0 Å². The van der Waals surface area contributed by atoms with Crippen molar-refractivity contribution in [2.24, 2.45) is 0 Å². The van der Waals surface area contributed by atoms with Crippen molar-refractivity contribution in [1.29, 1.82) is 0 Å². The van der Waals surface area contributed by atoms with Gasteiger partial charge in [0.15, 0.2) is 5.76 Å². The second-order valence-corrected chi connectivity index (χ2v) is 8.47. The van der Waals surface area contributed by atoms with Gasteiger partial charge < -0.3 is 14.9 Å². The third-order valence-electron chi connectivity index (χ3n) is 5.89. The number of carbonyl (C=O) groups is 2. The molecule has 0 bridgehead atoms. The fourth-order valence-corrected chi connectivity index (χ4v) is 4.32. The highest BCUT2D eigenvalue weighted by molar-refractivity contribution is 6.46. The Morgan fingerprint density at radius 2 is 1.88 bits per heavy atom. The van der Waals surface area contributed by atoms with Gasteiger partial charge in [-0.2, -0.15) is 0 Å². The number of Topliss-reactive ketones (excluding diaryl/α,β-unsaturated/α-hetero) is 1. The predicted octanol–water partition coefficient (Wildman–Crippen LogP) is 2.92. The number of aromatic nitrogens is 2. The first kappa shape index (κ1) is 23.1. The topological polar surface area (TPSA) is 121 Å². The molecule has 0 aliphatic carbocycles. The van der Waals surface area contributed by atoms with Crippen LogP contribution in [0.2, 0.25) is 0 Å². The zero-order valence-corrected chi connectivity index (χ0v) is 19.1. The second kappa shape index (κ2) is 9.06. The molecule has 0 unspecified atom stereocenters. The maximum absolute atomic E-state index is 13.2. The highest BCUT2D eigenvalue weighted by Crippen LogP contribution is 2.40. The van der Waals surface area contributed by atoms with Crippen molar-refractivity contribution in [3.05, 3.63) is 81.3 Å². The highest BCUT2D eigenvalue weighted by Gasteiger charge is 2.46. The van der Waals surface area contributed by atoms with Gasteiger partial charge in [0.05, 0.1) is 22.2 Å². The lowest BCUT2D eigenvalue weighted by atomic mass is 9.96. The van der Waals surface area contributed by atoms with E-state index in [2.05, 4.69) is 4.98 Å². The van der Waals surface area contributed by atoms with Gasteiger partial charge in [0.1, 0.15) is 11.3 Å². The smallest absolute Gasteiger partial charge is 0.295 e. The summed E-state index contributed by atoms with van der Waals surface area (Å²) in [6, 6.07) is 10.2. The molecule has 1 atom stereocenters. The number of pyridine rings is 1. The average molecular weight is 463 g/mol. The molecule has 3 aromatic rings. The SMILES string of the molecule is Cc1nc2ccccn2c1C(O)=C1C(=O)C(=O)N(CCCN(C)C)[C@@H]1c1ccc([N+](=O)[O-])cc1. The van der Waals surface area contributed by atoms with Crippen LogP contribution in [0.5, 0.6) is 0 Å². The first-order valence-corrected chi connectivity index (χ1v) is 10.8. The standard InChI is InChI=1S/C24H25N5O5/c1-15-20(27-13-5-4-7-18(27)25-15)22(30)19-21(16-8-10-17(11-9-16)29(33)34)28(24(32)23(19)31)14-6-12-26(2)3/h4-5,7-11,13,21,30H,6,12,14H2,1-3H3/t21-/m1/s1. The summed E-state index contributed by atoms with van der Waals surface area (Å²) in [4.78, 5) is 44.7. The van der Waals surface area contributed by atoms with Crippen LogP contribution in [0.25, 0.3) is 11.4 Å². The summed E-state index contributed by atoms with van der Waals surface area (Å²) in [5.41, 5.74) is 1.76. The summed E-state index contributed by atoms with van der Waals surface area (Å²) < 4.78 is 1.66. The van der Waals surface area contributed by atoms with Crippen LogP contribution in [0.1, 0.15) is 29.4 Å². The van der Waals surface area contributed by atoms with E-state index >= 15 is 0 Å². The van der Waals surface area contributed by atoms with E-state index in [1.807, 2.05) is 25.1 Å². The summed E-state index contributed by atoms with van der Waals surface area (Å²) >= 11 is 0. The van der Waals surface area contributed by atoms with Crippen molar-refractivity contribution in [1.82, 2.24) is 19.2 Å². The number of imidazole rings is 1. The van der Waals surface area contributed by atoms with Crippen molar-refractivity contribution in [2.75, 3.05) is 27.2 Å². The number of carbonyl (C=O) groups excluding carboxylic acids is 2. The van der Waals surface area contributed by atoms with Crippen molar-refractivity contribution in [3.63, 3.8) is 0 Å². The van der Waals surface area contributed by atoms with Crippen LogP contribution in [0.15, 0.2) is 54.2 Å². The number of hydrogen-bond acceptors (Lipinski definition) is 7. The van der Waals surface area contributed by atoms with E-state index in [4.69, 9.17) is 0 Å². The summed E-state index contributed by atoms with van der Waals surface area (Å²) in [6.07, 6.45) is 2.33. The molecule has 1 fully saturated rings. The molecule has 4 rings (SSSR count). The number of rotatable bonds is 7. The lowest BCUT2D eigenvalue weighted by molar-refractivity contribution is -0.384. The van der Waals surface area contributed by atoms with Crippen LogP contribution in [0.3, 0.4) is 0 Å². The maximum atomic E-state index is 13.2. The molecule has 1 aliphatic rings. The summed E-state index contributed by atoms with van der Waals surface area (Å²) in [5.74, 6) is -1.83. The molecule has 10 nitrogen and oxygen atoms in total. The Morgan fingerprint density at radius 1 is 1.18 bits per heavy atom. The van der Waals surface area contributed by atoms with Gasteiger partial charge in [0, 0.05) is 24.9 Å². The summed E-state index contributed by atoms with van der Waals surface area (Å²) in [6.45, 7) is 2.70. The number of aliphatic hydroxyl groups is 1. The third-order valence-corrected chi connectivity index (χ3v) is 5.89. The van der Waals surface area contributed by atoms with Gasteiger partial charge in [0.25, 0.3) is 17.4 Å². The van der Waals surface area contributed by atoms with Crippen LogP contribution >= 0.6 is 0 Å². The van der Waals surface area contributed by atoms with Gasteiger partial charge in [-0.15, -0.1) is 0 Å². The van der Waals surface area contributed by atoms with E-state index in [0.29, 0.717) is 35.6 Å². The second-order valence-electron chi connectivity index (χ2n) is 8.47. The van der Waals surface area contributed by atoms with E-state index in [1.165, 1.54) is 29.2 Å². The molecular formula is C24H25N5O5. The summed E-state index contributed by atoms with van der Waals surface area (Å²) in [7, 11) is 3.82. The van der Waals surface area contributed by atoms with Crippen LogP contribution in [0, 0.1) is 17.0 Å².